The van der Waals surface area contributed by atoms with Crippen molar-refractivity contribution in [3.63, 3.8) is 0 Å². The minimum absolute atomic E-state index is 0. The largest absolute Gasteiger partial charge is 0.336 e. The number of fused-ring (bicyclic) bond motifs is 3. The lowest BCUT2D eigenvalue weighted by molar-refractivity contribution is 0.0741. The number of amides is 1. The molecule has 3 aromatic rings. The first-order valence-electron chi connectivity index (χ1n) is 9.51. The molecule has 5 rings (SSSR count). The minimum atomic E-state index is -0.0185. The molecule has 0 radical (unpaired) electrons. The number of hydrogen-bond acceptors (Lipinski definition) is 5. The van der Waals surface area contributed by atoms with Gasteiger partial charge >= 0.3 is 0 Å². The van der Waals surface area contributed by atoms with Crippen LogP contribution in [0.25, 0.3) is 16.5 Å². The van der Waals surface area contributed by atoms with Crippen molar-refractivity contribution in [2.75, 3.05) is 13.1 Å². The van der Waals surface area contributed by atoms with Gasteiger partial charge in [0, 0.05) is 48.3 Å². The number of hydrogen-bond donors (Lipinski definition) is 1. The first kappa shape index (κ1) is 21.5. The predicted octanol–water partition coefficient (Wildman–Crippen LogP) is 2.93. The van der Waals surface area contributed by atoms with Gasteiger partial charge < -0.3 is 10.2 Å². The molecule has 2 atom stereocenters. The molecule has 29 heavy (non-hydrogen) atoms. The number of halogens is 2. The Labute approximate surface area is 181 Å². The zero-order chi connectivity index (χ0) is 18.4. The molecule has 9 heteroatoms. The summed E-state index contributed by atoms with van der Waals surface area (Å²) >= 11 is 0. The van der Waals surface area contributed by atoms with Gasteiger partial charge in [-0.25, -0.2) is 4.68 Å². The van der Waals surface area contributed by atoms with E-state index < -0.39 is 0 Å². The highest BCUT2D eigenvalue weighted by atomic mass is 35.5. The maximum atomic E-state index is 13.1. The molecule has 1 N–H and O–H groups in total. The van der Waals surface area contributed by atoms with Crippen molar-refractivity contribution in [1.82, 2.24) is 30.2 Å². The number of likely N-dealkylation sites (tertiary alicyclic amines) is 1. The van der Waals surface area contributed by atoms with Crippen molar-refractivity contribution in [3.05, 3.63) is 48.0 Å². The Morgan fingerprint density at radius 3 is 2.83 bits per heavy atom. The van der Waals surface area contributed by atoms with Crippen molar-refractivity contribution in [2.45, 2.75) is 38.3 Å². The smallest absolute Gasteiger partial charge is 0.276 e. The van der Waals surface area contributed by atoms with Crippen molar-refractivity contribution in [2.24, 2.45) is 0 Å². The highest BCUT2D eigenvalue weighted by Crippen LogP contribution is 2.24. The molecule has 7 nitrogen and oxygen atoms in total. The summed E-state index contributed by atoms with van der Waals surface area (Å²) in [4.78, 5) is 19.2. The average Bonchev–Trinajstić information content (AvgIpc) is 3.22. The minimum Gasteiger partial charge on any atom is -0.336 e. The van der Waals surface area contributed by atoms with E-state index in [0.29, 0.717) is 17.8 Å². The maximum Gasteiger partial charge on any atom is 0.276 e. The Morgan fingerprint density at radius 1 is 1.14 bits per heavy atom. The summed E-state index contributed by atoms with van der Waals surface area (Å²) in [5.41, 5.74) is 2.13. The van der Waals surface area contributed by atoms with E-state index in [-0.39, 0.29) is 30.7 Å². The van der Waals surface area contributed by atoms with E-state index in [9.17, 15) is 4.79 Å². The van der Waals surface area contributed by atoms with Crippen LogP contribution in [-0.4, -0.2) is 56.0 Å². The third-order valence-corrected chi connectivity index (χ3v) is 5.79. The predicted molar refractivity (Wildman–Crippen MR) is 116 cm³/mol. The highest BCUT2D eigenvalue weighted by Gasteiger charge is 2.33. The third-order valence-electron chi connectivity index (χ3n) is 5.79. The van der Waals surface area contributed by atoms with Gasteiger partial charge in [-0.15, -0.1) is 29.9 Å². The second kappa shape index (κ2) is 8.65. The van der Waals surface area contributed by atoms with E-state index in [1.54, 1.807) is 10.9 Å². The summed E-state index contributed by atoms with van der Waals surface area (Å²) in [6, 6.07) is 8.90. The Kier molecular flexibility index (Phi) is 6.41. The summed E-state index contributed by atoms with van der Waals surface area (Å²) in [5.74, 6) is -0.0185. The molecule has 2 aliphatic heterocycles. The zero-order valence-corrected chi connectivity index (χ0v) is 17.7. The Bertz CT molecular complexity index is 1020. The van der Waals surface area contributed by atoms with Gasteiger partial charge in [0.15, 0.2) is 5.69 Å². The number of carbonyl (C=O) groups is 1. The number of nitrogens with one attached hydrogen (secondary N) is 1. The van der Waals surface area contributed by atoms with Crippen molar-refractivity contribution in [1.29, 1.82) is 0 Å². The van der Waals surface area contributed by atoms with Crippen molar-refractivity contribution < 1.29 is 4.79 Å². The van der Waals surface area contributed by atoms with E-state index in [2.05, 4.69) is 20.6 Å². The number of rotatable bonds is 2. The van der Waals surface area contributed by atoms with Crippen LogP contribution < -0.4 is 5.32 Å². The molecule has 0 aliphatic carbocycles. The Hall–Kier alpha value is -2.22. The Balaban J connectivity index is 0.00000120. The molecule has 2 aliphatic rings. The fourth-order valence-corrected chi connectivity index (χ4v) is 4.32. The number of benzene rings is 1. The molecule has 2 saturated heterocycles. The van der Waals surface area contributed by atoms with Gasteiger partial charge in [0.25, 0.3) is 5.91 Å². The van der Waals surface area contributed by atoms with E-state index in [0.717, 1.165) is 48.1 Å². The first-order valence-corrected chi connectivity index (χ1v) is 9.51. The summed E-state index contributed by atoms with van der Waals surface area (Å²) in [6.07, 6.45) is 6.97. The number of carbonyl (C=O) groups excluding carboxylic acids is 1. The lowest BCUT2D eigenvalue weighted by atomic mass is 10.1. The van der Waals surface area contributed by atoms with E-state index in [1.165, 1.54) is 6.42 Å². The van der Waals surface area contributed by atoms with Gasteiger partial charge in [0.05, 0.1) is 11.4 Å². The zero-order valence-electron chi connectivity index (χ0n) is 16.1. The van der Waals surface area contributed by atoms with Crippen LogP contribution in [0.1, 0.15) is 35.4 Å². The molecule has 2 bridgehead atoms. The fraction of sp³-hybridized carbons (Fsp3) is 0.400. The molecule has 0 saturated carbocycles. The maximum absolute atomic E-state index is 13.1. The molecule has 2 fully saturated rings. The topological polar surface area (TPSA) is 75.9 Å². The van der Waals surface area contributed by atoms with Crippen LogP contribution in [0.5, 0.6) is 0 Å². The molecule has 1 aromatic carbocycles. The molecule has 2 aromatic heterocycles. The number of pyridine rings is 1. The standard InChI is InChI=1S/C20H22N6O.2ClH/c1-13-19(20(27)25-10-8-15-5-6-16(12-25)22-15)23-24-26(13)18-4-2-3-14-11-21-9-7-17(14)18;;/h2-4,7,9,11,15-16,22H,5-6,8,10,12H2,1H3;2*1H. The number of nitrogens with zero attached hydrogens (tertiary/aromatic N) is 5. The summed E-state index contributed by atoms with van der Waals surface area (Å²) in [7, 11) is 0. The van der Waals surface area contributed by atoms with Gasteiger partial charge in [-0.3, -0.25) is 9.78 Å². The van der Waals surface area contributed by atoms with E-state index >= 15 is 0 Å². The molecule has 4 heterocycles. The van der Waals surface area contributed by atoms with Crippen LogP contribution in [0.4, 0.5) is 0 Å². The summed E-state index contributed by atoms with van der Waals surface area (Å²) < 4.78 is 1.76. The molecule has 1 amide bonds. The van der Waals surface area contributed by atoms with Gasteiger partial charge in [-0.05, 0) is 38.3 Å². The van der Waals surface area contributed by atoms with Gasteiger partial charge in [0.2, 0.25) is 0 Å². The van der Waals surface area contributed by atoms with Gasteiger partial charge in [-0.2, -0.15) is 0 Å². The van der Waals surface area contributed by atoms with E-state index in [1.807, 2.05) is 42.3 Å². The molecule has 2 unspecified atom stereocenters. The summed E-state index contributed by atoms with van der Waals surface area (Å²) in [5, 5.41) is 14.2. The lowest BCUT2D eigenvalue weighted by Crippen LogP contribution is -2.39. The molecule has 154 valence electrons. The lowest BCUT2D eigenvalue weighted by Gasteiger charge is -2.23. The molecule has 0 spiro atoms. The second-order valence-corrected chi connectivity index (χ2v) is 7.49. The van der Waals surface area contributed by atoms with Gasteiger partial charge in [0.1, 0.15) is 0 Å². The van der Waals surface area contributed by atoms with E-state index in [4.69, 9.17) is 0 Å². The Morgan fingerprint density at radius 2 is 1.97 bits per heavy atom. The van der Waals surface area contributed by atoms with Crippen LogP contribution in [0.3, 0.4) is 0 Å². The van der Waals surface area contributed by atoms with Crippen molar-refractivity contribution in [3.8, 4) is 5.69 Å². The SMILES string of the molecule is Cc1c(C(=O)N2CCC3CCC(C2)N3)nnn1-c1cccc2cnccc12.Cl.Cl. The van der Waals surface area contributed by atoms with Crippen LogP contribution in [0.2, 0.25) is 0 Å². The average molecular weight is 435 g/mol. The number of aromatic nitrogens is 4. The molecular formula is C20H24Cl2N6O. The quantitative estimate of drug-likeness (QED) is 0.670. The second-order valence-electron chi connectivity index (χ2n) is 7.49. The van der Waals surface area contributed by atoms with Crippen LogP contribution in [0, 0.1) is 6.92 Å². The van der Waals surface area contributed by atoms with Crippen LogP contribution in [0.15, 0.2) is 36.7 Å². The van der Waals surface area contributed by atoms with Crippen LogP contribution >= 0.6 is 24.8 Å². The summed E-state index contributed by atoms with van der Waals surface area (Å²) in [6.45, 7) is 3.44. The van der Waals surface area contributed by atoms with Crippen molar-refractivity contribution >= 4 is 41.5 Å². The van der Waals surface area contributed by atoms with Gasteiger partial charge in [-0.1, -0.05) is 17.3 Å². The fourth-order valence-electron chi connectivity index (χ4n) is 4.32. The first-order chi connectivity index (χ1) is 13.2. The van der Waals surface area contributed by atoms with Crippen LogP contribution in [-0.2, 0) is 0 Å². The highest BCUT2D eigenvalue weighted by molar-refractivity contribution is 5.94. The molecular weight excluding hydrogens is 411 g/mol. The third kappa shape index (κ3) is 3.82. The normalized spacial score (nSPS) is 20.7. The monoisotopic (exact) mass is 434 g/mol.